The van der Waals surface area contributed by atoms with Crippen LogP contribution in [0.15, 0.2) is 192 Å². The Kier molecular flexibility index (Phi) is 7.43. The Hall–Kier alpha value is -7.17. The lowest BCUT2D eigenvalue weighted by Crippen LogP contribution is -1.95. The van der Waals surface area contributed by atoms with E-state index in [0.29, 0.717) is 5.89 Å². The topological polar surface area (TPSA) is 51.8 Å². The highest BCUT2D eigenvalue weighted by Crippen LogP contribution is 2.41. The molecule has 8 aromatic carbocycles. The van der Waals surface area contributed by atoms with E-state index in [2.05, 4.69) is 121 Å². The smallest absolute Gasteiger partial charge is 0.227 e. The van der Waals surface area contributed by atoms with Crippen LogP contribution in [0.5, 0.6) is 0 Å². The van der Waals surface area contributed by atoms with Gasteiger partial charge >= 0.3 is 0 Å². The van der Waals surface area contributed by atoms with Gasteiger partial charge in [0.05, 0.1) is 11.2 Å². The van der Waals surface area contributed by atoms with Crippen molar-refractivity contribution in [2.75, 3.05) is 0 Å². The molecule has 4 nitrogen and oxygen atoms in total. The van der Waals surface area contributed by atoms with E-state index in [0.717, 1.165) is 72.5 Å². The number of rotatable bonds is 6. The third-order valence-electron chi connectivity index (χ3n) is 9.93. The minimum absolute atomic E-state index is 0.628. The van der Waals surface area contributed by atoms with Crippen molar-refractivity contribution in [2.24, 2.45) is 0 Å². The quantitative estimate of drug-likeness (QED) is 0.176. The number of benzene rings is 8. The molecule has 0 N–H and O–H groups in total. The van der Waals surface area contributed by atoms with E-state index in [4.69, 9.17) is 19.4 Å². The molecule has 2 aromatic heterocycles. The molecule has 2 heterocycles. The first-order valence-electron chi connectivity index (χ1n) is 17.8. The van der Waals surface area contributed by atoms with Gasteiger partial charge < -0.3 is 4.42 Å². The van der Waals surface area contributed by atoms with E-state index in [1.54, 1.807) is 0 Å². The second-order valence-electron chi connectivity index (χ2n) is 13.2. The highest BCUT2D eigenvalue weighted by Gasteiger charge is 2.16. The zero-order chi connectivity index (χ0) is 35.1. The second-order valence-corrected chi connectivity index (χ2v) is 13.2. The summed E-state index contributed by atoms with van der Waals surface area (Å²) in [6, 6.07) is 65.4. The summed E-state index contributed by atoms with van der Waals surface area (Å²) in [5.41, 5.74) is 13.3. The maximum atomic E-state index is 6.11. The van der Waals surface area contributed by atoms with Crippen molar-refractivity contribution in [3.8, 4) is 67.5 Å². The van der Waals surface area contributed by atoms with Crippen molar-refractivity contribution in [3.63, 3.8) is 0 Å². The maximum absolute atomic E-state index is 6.11. The minimum atomic E-state index is 0.628. The Morgan fingerprint density at radius 1 is 0.358 bits per heavy atom. The summed E-state index contributed by atoms with van der Waals surface area (Å²) in [4.78, 5) is 14.9. The molecule has 4 heteroatoms. The first-order valence-corrected chi connectivity index (χ1v) is 17.8. The van der Waals surface area contributed by atoms with E-state index < -0.39 is 0 Å². The minimum Gasteiger partial charge on any atom is -0.436 e. The van der Waals surface area contributed by atoms with Gasteiger partial charge in [-0.25, -0.2) is 15.0 Å². The number of oxazole rings is 1. The fraction of sp³-hybridized carbons (Fsp3) is 0. The number of nitrogens with zero attached hydrogens (tertiary/aromatic N) is 3. The summed E-state index contributed by atoms with van der Waals surface area (Å²) in [6.45, 7) is 0. The lowest BCUT2D eigenvalue weighted by Gasteiger charge is -2.16. The highest BCUT2D eigenvalue weighted by atomic mass is 16.3. The molecular formula is C49H31N3O. The van der Waals surface area contributed by atoms with E-state index >= 15 is 0 Å². The summed E-state index contributed by atoms with van der Waals surface area (Å²) in [5.74, 6) is 1.35. The van der Waals surface area contributed by atoms with Gasteiger partial charge in [-0.05, 0) is 80.6 Å². The van der Waals surface area contributed by atoms with Crippen molar-refractivity contribution in [2.45, 2.75) is 0 Å². The number of hydrogen-bond acceptors (Lipinski definition) is 4. The molecule has 10 aromatic rings. The van der Waals surface area contributed by atoms with Gasteiger partial charge in [-0.1, -0.05) is 152 Å². The van der Waals surface area contributed by atoms with Crippen molar-refractivity contribution >= 4 is 32.8 Å². The molecule has 10 rings (SSSR count). The molecule has 0 aliphatic carbocycles. The standard InChI is InChI=1S/C49H31N3O/c1-3-13-35(14-4-1)48-50-43-21-10-9-20-42(43)47(52-48)34-24-22-33(23-25-34)46-40-19-8-7-12-32(40)26-28-41(46)39-18-11-17-37(30-39)38-27-29-45-44(31-38)51-49(53-45)36-15-5-2-6-16-36/h1-31H. The lowest BCUT2D eigenvalue weighted by atomic mass is 9.88. The number of para-hydroxylation sites is 1. The summed E-state index contributed by atoms with van der Waals surface area (Å²) >= 11 is 0. The molecule has 0 aliphatic heterocycles. The molecule has 0 bridgehead atoms. The average Bonchev–Trinajstić information content (AvgIpc) is 3.68. The molecule has 0 aliphatic rings. The Bertz CT molecular complexity index is 2930. The normalized spacial score (nSPS) is 11.4. The molecule has 0 saturated carbocycles. The molecule has 0 spiro atoms. The molecule has 0 unspecified atom stereocenters. The zero-order valence-electron chi connectivity index (χ0n) is 28.6. The largest absolute Gasteiger partial charge is 0.436 e. The SMILES string of the molecule is c1ccc(-c2nc(-c3ccc(-c4c(-c5cccc(-c6ccc7oc(-c8ccccc8)nc7c6)c5)ccc5ccccc45)cc3)c3ccccc3n2)cc1. The van der Waals surface area contributed by atoms with Crippen LogP contribution in [0.25, 0.3) is 100 Å². The number of fused-ring (bicyclic) bond motifs is 3. The number of hydrogen-bond donors (Lipinski definition) is 0. The second kappa shape index (κ2) is 12.9. The predicted molar refractivity (Wildman–Crippen MR) is 217 cm³/mol. The van der Waals surface area contributed by atoms with Crippen LogP contribution in [0.4, 0.5) is 0 Å². The molecule has 0 saturated heterocycles. The Labute approximate surface area is 306 Å². The van der Waals surface area contributed by atoms with Gasteiger partial charge in [0.2, 0.25) is 5.89 Å². The molecule has 0 fully saturated rings. The van der Waals surface area contributed by atoms with E-state index in [1.165, 1.54) is 21.9 Å². The fourth-order valence-corrected chi connectivity index (χ4v) is 7.31. The molecule has 0 radical (unpaired) electrons. The van der Waals surface area contributed by atoms with Crippen LogP contribution in [0.3, 0.4) is 0 Å². The summed E-state index contributed by atoms with van der Waals surface area (Å²) in [6.07, 6.45) is 0. The molecule has 0 atom stereocenters. The highest BCUT2D eigenvalue weighted by molar-refractivity contribution is 6.05. The summed E-state index contributed by atoms with van der Waals surface area (Å²) in [5, 5.41) is 3.44. The molecular weight excluding hydrogens is 647 g/mol. The number of aromatic nitrogens is 3. The van der Waals surface area contributed by atoms with Crippen LogP contribution < -0.4 is 0 Å². The lowest BCUT2D eigenvalue weighted by molar-refractivity contribution is 0.620. The van der Waals surface area contributed by atoms with Crippen LogP contribution in [0.1, 0.15) is 0 Å². The van der Waals surface area contributed by atoms with E-state index in [-0.39, 0.29) is 0 Å². The van der Waals surface area contributed by atoms with Gasteiger partial charge in [0.1, 0.15) is 5.52 Å². The Morgan fingerprint density at radius 3 is 1.83 bits per heavy atom. The van der Waals surface area contributed by atoms with Crippen molar-refractivity contribution in [3.05, 3.63) is 188 Å². The van der Waals surface area contributed by atoms with Crippen LogP contribution in [-0.2, 0) is 0 Å². The zero-order valence-corrected chi connectivity index (χ0v) is 28.6. The first-order chi connectivity index (χ1) is 26.2. The van der Waals surface area contributed by atoms with Gasteiger partial charge in [0.25, 0.3) is 0 Å². The van der Waals surface area contributed by atoms with Crippen LogP contribution in [0.2, 0.25) is 0 Å². The van der Waals surface area contributed by atoms with E-state index in [1.807, 2.05) is 66.7 Å². The van der Waals surface area contributed by atoms with Crippen molar-refractivity contribution in [1.29, 1.82) is 0 Å². The fourth-order valence-electron chi connectivity index (χ4n) is 7.31. The third kappa shape index (κ3) is 5.63. The third-order valence-corrected chi connectivity index (χ3v) is 9.93. The van der Waals surface area contributed by atoms with Gasteiger partial charge in [-0.15, -0.1) is 0 Å². The van der Waals surface area contributed by atoms with Crippen molar-refractivity contribution in [1.82, 2.24) is 15.0 Å². The predicted octanol–water partition coefficient (Wildman–Crippen LogP) is 12.9. The molecule has 53 heavy (non-hydrogen) atoms. The van der Waals surface area contributed by atoms with Crippen LogP contribution in [0, 0.1) is 0 Å². The van der Waals surface area contributed by atoms with Crippen LogP contribution in [-0.4, -0.2) is 15.0 Å². The van der Waals surface area contributed by atoms with Gasteiger partial charge in [0, 0.05) is 22.1 Å². The Balaban J connectivity index is 1.06. The summed E-state index contributed by atoms with van der Waals surface area (Å²) in [7, 11) is 0. The molecule has 248 valence electrons. The molecule has 0 amide bonds. The first kappa shape index (κ1) is 30.6. The Morgan fingerprint density at radius 2 is 1.00 bits per heavy atom. The van der Waals surface area contributed by atoms with E-state index in [9.17, 15) is 0 Å². The van der Waals surface area contributed by atoms with Crippen molar-refractivity contribution < 1.29 is 4.42 Å². The monoisotopic (exact) mass is 677 g/mol. The van der Waals surface area contributed by atoms with Crippen LogP contribution >= 0.6 is 0 Å². The van der Waals surface area contributed by atoms with Gasteiger partial charge in [0.15, 0.2) is 11.4 Å². The van der Waals surface area contributed by atoms with Gasteiger partial charge in [-0.3, -0.25) is 0 Å². The maximum Gasteiger partial charge on any atom is 0.227 e. The summed E-state index contributed by atoms with van der Waals surface area (Å²) < 4.78 is 6.11. The average molecular weight is 678 g/mol. The van der Waals surface area contributed by atoms with Gasteiger partial charge in [-0.2, -0.15) is 0 Å².